The van der Waals surface area contributed by atoms with Crippen LogP contribution in [0.1, 0.15) is 16.9 Å². The summed E-state index contributed by atoms with van der Waals surface area (Å²) in [5, 5.41) is 5.98. The van der Waals surface area contributed by atoms with Gasteiger partial charge in [0.15, 0.2) is 0 Å². The highest BCUT2D eigenvalue weighted by Crippen LogP contribution is 2.13. The number of furan rings is 1. The largest absolute Gasteiger partial charge is 0.467 e. The molecular weight excluding hydrogens is 319 g/mol. The van der Waals surface area contributed by atoms with E-state index in [0.717, 1.165) is 17.0 Å². The lowest BCUT2D eigenvalue weighted by molar-refractivity contribution is -0.120. The summed E-state index contributed by atoms with van der Waals surface area (Å²) in [4.78, 5) is 11.9. The van der Waals surface area contributed by atoms with Crippen molar-refractivity contribution in [3.05, 3.63) is 89.6 Å². The van der Waals surface area contributed by atoms with Gasteiger partial charge in [-0.1, -0.05) is 30.3 Å². The van der Waals surface area contributed by atoms with Gasteiger partial charge in [0.1, 0.15) is 11.6 Å². The fourth-order valence-corrected chi connectivity index (χ4v) is 2.43. The van der Waals surface area contributed by atoms with E-state index in [1.54, 1.807) is 24.5 Å². The Morgan fingerprint density at radius 3 is 2.48 bits per heavy atom. The predicted octanol–water partition coefficient (Wildman–Crippen LogP) is 3.89. The fourth-order valence-electron chi connectivity index (χ4n) is 2.43. The predicted molar refractivity (Wildman–Crippen MR) is 94.4 cm³/mol. The molecule has 4 nitrogen and oxygen atoms in total. The SMILES string of the molecule is O=C(Cc1ccc(NCc2ccccc2F)cc1)NCc1ccco1. The Morgan fingerprint density at radius 2 is 1.76 bits per heavy atom. The third-order valence-corrected chi connectivity index (χ3v) is 3.80. The molecular formula is C20H19FN2O2. The number of amides is 1. The van der Waals surface area contributed by atoms with Gasteiger partial charge < -0.3 is 15.1 Å². The van der Waals surface area contributed by atoms with E-state index in [0.29, 0.717) is 25.1 Å². The topological polar surface area (TPSA) is 54.3 Å². The summed E-state index contributed by atoms with van der Waals surface area (Å²) in [6.45, 7) is 0.795. The molecule has 0 spiro atoms. The number of halogens is 1. The first kappa shape index (κ1) is 16.8. The fraction of sp³-hybridized carbons (Fsp3) is 0.150. The zero-order valence-corrected chi connectivity index (χ0v) is 13.7. The van der Waals surface area contributed by atoms with Crippen molar-refractivity contribution in [1.82, 2.24) is 5.32 Å². The number of nitrogens with one attached hydrogen (secondary N) is 2. The van der Waals surface area contributed by atoms with Crippen LogP contribution in [0.5, 0.6) is 0 Å². The molecule has 25 heavy (non-hydrogen) atoms. The van der Waals surface area contributed by atoms with Crippen LogP contribution >= 0.6 is 0 Å². The van der Waals surface area contributed by atoms with Gasteiger partial charge in [0.05, 0.1) is 19.2 Å². The van der Waals surface area contributed by atoms with Crippen molar-refractivity contribution < 1.29 is 13.6 Å². The molecule has 0 bridgehead atoms. The van der Waals surface area contributed by atoms with E-state index in [9.17, 15) is 9.18 Å². The summed E-state index contributed by atoms with van der Waals surface area (Å²) in [6.07, 6.45) is 1.88. The van der Waals surface area contributed by atoms with Crippen molar-refractivity contribution in [2.45, 2.75) is 19.5 Å². The molecule has 0 fully saturated rings. The van der Waals surface area contributed by atoms with Gasteiger partial charge in [-0.25, -0.2) is 4.39 Å². The Morgan fingerprint density at radius 1 is 0.960 bits per heavy atom. The van der Waals surface area contributed by atoms with Crippen LogP contribution in [0.4, 0.5) is 10.1 Å². The number of hydrogen-bond acceptors (Lipinski definition) is 3. The summed E-state index contributed by atoms with van der Waals surface area (Å²) >= 11 is 0. The van der Waals surface area contributed by atoms with Gasteiger partial charge in [-0.05, 0) is 35.9 Å². The molecule has 3 aromatic rings. The number of hydrogen-bond donors (Lipinski definition) is 2. The van der Waals surface area contributed by atoms with Crippen LogP contribution in [0.2, 0.25) is 0 Å². The number of rotatable bonds is 7. The lowest BCUT2D eigenvalue weighted by Crippen LogP contribution is -2.24. The third kappa shape index (κ3) is 4.94. The summed E-state index contributed by atoms with van der Waals surface area (Å²) in [5.74, 6) is 0.435. The second-order valence-electron chi connectivity index (χ2n) is 5.67. The minimum Gasteiger partial charge on any atom is -0.467 e. The molecule has 0 aliphatic rings. The summed E-state index contributed by atoms with van der Waals surface area (Å²) in [6, 6.07) is 17.8. The van der Waals surface area contributed by atoms with Crippen LogP contribution in [0.25, 0.3) is 0 Å². The maximum atomic E-state index is 13.6. The Kier molecular flexibility index (Phi) is 5.46. The van der Waals surface area contributed by atoms with Crippen LogP contribution in [0.15, 0.2) is 71.3 Å². The Hall–Kier alpha value is -3.08. The molecule has 2 aromatic carbocycles. The first-order valence-electron chi connectivity index (χ1n) is 8.06. The number of benzene rings is 2. The Bertz CT molecular complexity index is 814. The van der Waals surface area contributed by atoms with E-state index >= 15 is 0 Å². The highest BCUT2D eigenvalue weighted by atomic mass is 19.1. The zero-order valence-electron chi connectivity index (χ0n) is 13.7. The third-order valence-electron chi connectivity index (χ3n) is 3.80. The highest BCUT2D eigenvalue weighted by Gasteiger charge is 2.05. The van der Waals surface area contributed by atoms with Crippen molar-refractivity contribution in [3.8, 4) is 0 Å². The van der Waals surface area contributed by atoms with Crippen LogP contribution in [0.3, 0.4) is 0 Å². The molecule has 5 heteroatoms. The Balaban J connectivity index is 1.48. The number of carbonyl (C=O) groups excluding carboxylic acids is 1. The van der Waals surface area contributed by atoms with Gasteiger partial charge in [0, 0.05) is 17.8 Å². The van der Waals surface area contributed by atoms with Gasteiger partial charge in [-0.2, -0.15) is 0 Å². The average Bonchev–Trinajstić information content (AvgIpc) is 3.14. The van der Waals surface area contributed by atoms with Crippen molar-refractivity contribution in [1.29, 1.82) is 0 Å². The summed E-state index contributed by atoms with van der Waals surface area (Å²) in [5.41, 5.74) is 2.40. The van der Waals surface area contributed by atoms with E-state index < -0.39 is 0 Å². The van der Waals surface area contributed by atoms with E-state index in [1.165, 1.54) is 6.07 Å². The summed E-state index contributed by atoms with van der Waals surface area (Å²) in [7, 11) is 0. The van der Waals surface area contributed by atoms with Crippen molar-refractivity contribution in [2.75, 3.05) is 5.32 Å². The molecule has 0 radical (unpaired) electrons. The molecule has 0 atom stereocenters. The van der Waals surface area contributed by atoms with Gasteiger partial charge in [-0.3, -0.25) is 4.79 Å². The van der Waals surface area contributed by atoms with Crippen LogP contribution < -0.4 is 10.6 Å². The molecule has 0 saturated heterocycles. The first-order valence-corrected chi connectivity index (χ1v) is 8.06. The Labute approximate surface area is 145 Å². The second-order valence-corrected chi connectivity index (χ2v) is 5.67. The van der Waals surface area contributed by atoms with Crippen LogP contribution in [0, 0.1) is 5.82 Å². The van der Waals surface area contributed by atoms with Gasteiger partial charge in [0.2, 0.25) is 5.91 Å². The molecule has 2 N–H and O–H groups in total. The normalized spacial score (nSPS) is 10.4. The van der Waals surface area contributed by atoms with E-state index in [2.05, 4.69) is 10.6 Å². The minimum absolute atomic E-state index is 0.0662. The number of anilines is 1. The van der Waals surface area contributed by atoms with Gasteiger partial charge in [0.25, 0.3) is 0 Å². The van der Waals surface area contributed by atoms with E-state index in [1.807, 2.05) is 36.4 Å². The smallest absolute Gasteiger partial charge is 0.224 e. The summed E-state index contributed by atoms with van der Waals surface area (Å²) < 4.78 is 18.8. The zero-order chi connectivity index (χ0) is 17.5. The van der Waals surface area contributed by atoms with Gasteiger partial charge >= 0.3 is 0 Å². The maximum Gasteiger partial charge on any atom is 0.224 e. The lowest BCUT2D eigenvalue weighted by Gasteiger charge is -2.09. The molecule has 0 aliphatic heterocycles. The molecule has 0 unspecified atom stereocenters. The minimum atomic E-state index is -0.222. The maximum absolute atomic E-state index is 13.6. The van der Waals surface area contributed by atoms with E-state index in [-0.39, 0.29) is 11.7 Å². The van der Waals surface area contributed by atoms with Crippen LogP contribution in [-0.2, 0) is 24.3 Å². The lowest BCUT2D eigenvalue weighted by atomic mass is 10.1. The second kappa shape index (κ2) is 8.15. The molecule has 128 valence electrons. The van der Waals surface area contributed by atoms with Gasteiger partial charge in [-0.15, -0.1) is 0 Å². The average molecular weight is 338 g/mol. The van der Waals surface area contributed by atoms with E-state index in [4.69, 9.17) is 4.42 Å². The molecule has 1 heterocycles. The van der Waals surface area contributed by atoms with Crippen LogP contribution in [-0.4, -0.2) is 5.91 Å². The van der Waals surface area contributed by atoms with Crippen molar-refractivity contribution in [3.63, 3.8) is 0 Å². The molecule has 3 rings (SSSR count). The number of carbonyl (C=O) groups is 1. The monoisotopic (exact) mass is 338 g/mol. The quantitative estimate of drug-likeness (QED) is 0.687. The van der Waals surface area contributed by atoms with Crippen molar-refractivity contribution >= 4 is 11.6 Å². The highest BCUT2D eigenvalue weighted by molar-refractivity contribution is 5.78. The molecule has 0 aliphatic carbocycles. The molecule has 1 aromatic heterocycles. The first-order chi connectivity index (χ1) is 12.2. The standard InChI is InChI=1S/C20H19FN2O2/c21-19-6-2-1-4-16(19)13-22-17-9-7-15(8-10-17)12-20(24)23-14-18-5-3-11-25-18/h1-11,22H,12-14H2,(H,23,24). The molecule has 1 amide bonds. The molecule has 0 saturated carbocycles. The van der Waals surface area contributed by atoms with Crippen molar-refractivity contribution in [2.24, 2.45) is 0 Å².